The Hall–Kier alpha value is -3.82. The molecule has 10 heteroatoms. The second-order valence-corrected chi connectivity index (χ2v) is 9.48. The molecule has 1 amide bonds. The molecule has 1 saturated heterocycles. The Morgan fingerprint density at radius 3 is 2.69 bits per heavy atom. The van der Waals surface area contributed by atoms with Gasteiger partial charge in [0.25, 0.3) is 5.78 Å². The highest BCUT2D eigenvalue weighted by molar-refractivity contribution is 7.22. The lowest BCUT2D eigenvalue weighted by Crippen LogP contribution is -2.29. The molecule has 0 spiro atoms. The van der Waals surface area contributed by atoms with Gasteiger partial charge in [-0.25, -0.2) is 9.37 Å². The van der Waals surface area contributed by atoms with Crippen LogP contribution >= 0.6 is 22.9 Å². The number of fused-ring (bicyclic) bond motifs is 1. The van der Waals surface area contributed by atoms with Crippen LogP contribution in [0.2, 0.25) is 5.02 Å². The number of ketones is 1. The fourth-order valence-electron chi connectivity index (χ4n) is 3.98. The van der Waals surface area contributed by atoms with Gasteiger partial charge in [-0.3, -0.25) is 19.5 Å². The molecular formula is C26H19ClFN3O4S. The second kappa shape index (κ2) is 9.67. The zero-order chi connectivity index (χ0) is 25.4. The molecule has 1 aliphatic rings. The first-order valence-electron chi connectivity index (χ1n) is 11.1. The van der Waals surface area contributed by atoms with Crippen LogP contribution in [0.1, 0.15) is 30.5 Å². The van der Waals surface area contributed by atoms with E-state index < -0.39 is 23.5 Å². The molecule has 3 heterocycles. The molecular weight excluding hydrogens is 505 g/mol. The lowest BCUT2D eigenvalue weighted by Gasteiger charge is -2.22. The fourth-order valence-corrected chi connectivity index (χ4v) is 5.14. The van der Waals surface area contributed by atoms with Gasteiger partial charge in [-0.05, 0) is 54.4 Å². The van der Waals surface area contributed by atoms with Gasteiger partial charge in [0, 0.05) is 18.0 Å². The second-order valence-electron chi connectivity index (χ2n) is 8.06. The predicted molar refractivity (Wildman–Crippen MR) is 136 cm³/mol. The largest absolute Gasteiger partial charge is 0.507 e. The number of hydrogen-bond acceptors (Lipinski definition) is 7. The number of anilines is 1. The molecule has 1 fully saturated rings. The van der Waals surface area contributed by atoms with Crippen molar-refractivity contribution >= 4 is 55.7 Å². The van der Waals surface area contributed by atoms with Crippen molar-refractivity contribution in [2.24, 2.45) is 0 Å². The van der Waals surface area contributed by atoms with Crippen LogP contribution in [0.25, 0.3) is 16.0 Å². The maximum absolute atomic E-state index is 14.0. The van der Waals surface area contributed by atoms with Crippen LogP contribution in [0.5, 0.6) is 5.75 Å². The van der Waals surface area contributed by atoms with Gasteiger partial charge in [0.1, 0.15) is 17.3 Å². The SMILES string of the molecule is CCCOc1ccc(/C(O)=C2\C(=O)C(=O)N(c3nc4cc(Cl)c(F)cc4s3)C2c2cccnc2)cc1. The summed E-state index contributed by atoms with van der Waals surface area (Å²) in [5.74, 6) is -2.05. The molecule has 2 aromatic carbocycles. The zero-order valence-corrected chi connectivity index (χ0v) is 20.5. The predicted octanol–water partition coefficient (Wildman–Crippen LogP) is 5.90. The first-order valence-corrected chi connectivity index (χ1v) is 12.3. The van der Waals surface area contributed by atoms with Crippen LogP contribution in [0.4, 0.5) is 9.52 Å². The van der Waals surface area contributed by atoms with Crippen molar-refractivity contribution < 1.29 is 23.8 Å². The van der Waals surface area contributed by atoms with Crippen molar-refractivity contribution in [3.05, 3.63) is 88.5 Å². The number of nitrogens with zero attached hydrogens (tertiary/aromatic N) is 3. The van der Waals surface area contributed by atoms with Gasteiger partial charge in [-0.1, -0.05) is 35.9 Å². The molecule has 0 bridgehead atoms. The standard InChI is InChI=1S/C26H19ClFN3O4S/c1-2-10-35-16-7-5-14(6-8-16)23(32)21-22(15-4-3-9-29-13-15)31(25(34)24(21)33)26-30-19-11-17(27)18(28)12-20(19)36-26/h3-9,11-13,22,32H,2,10H2,1H3/b23-21+. The lowest BCUT2D eigenvalue weighted by molar-refractivity contribution is -0.132. The molecule has 1 atom stereocenters. The summed E-state index contributed by atoms with van der Waals surface area (Å²) < 4.78 is 20.1. The molecule has 36 heavy (non-hydrogen) atoms. The summed E-state index contributed by atoms with van der Waals surface area (Å²) in [5.41, 5.74) is 1.14. The Labute approximate surface area is 214 Å². The summed E-state index contributed by atoms with van der Waals surface area (Å²) in [7, 11) is 0. The number of ether oxygens (including phenoxy) is 1. The summed E-state index contributed by atoms with van der Waals surface area (Å²) in [5, 5.41) is 11.3. The summed E-state index contributed by atoms with van der Waals surface area (Å²) in [4.78, 5) is 36.3. The van der Waals surface area contributed by atoms with Crippen molar-refractivity contribution in [1.82, 2.24) is 9.97 Å². The number of amides is 1. The number of rotatable bonds is 6. The van der Waals surface area contributed by atoms with E-state index in [2.05, 4.69) is 9.97 Å². The number of carbonyl (C=O) groups excluding carboxylic acids is 2. The molecule has 1 unspecified atom stereocenters. The maximum Gasteiger partial charge on any atom is 0.301 e. The third kappa shape index (κ3) is 4.20. The first-order chi connectivity index (χ1) is 17.4. The number of aliphatic hydroxyl groups is 1. The minimum atomic E-state index is -0.990. The highest BCUT2D eigenvalue weighted by atomic mass is 35.5. The van der Waals surface area contributed by atoms with Gasteiger partial charge >= 0.3 is 5.91 Å². The van der Waals surface area contributed by atoms with Crippen LogP contribution in [0.3, 0.4) is 0 Å². The van der Waals surface area contributed by atoms with Crippen LogP contribution in [-0.2, 0) is 9.59 Å². The van der Waals surface area contributed by atoms with Crippen molar-refractivity contribution in [3.8, 4) is 5.75 Å². The molecule has 0 saturated carbocycles. The van der Waals surface area contributed by atoms with Gasteiger partial charge in [0.05, 0.1) is 33.5 Å². The Bertz CT molecular complexity index is 1470. The highest BCUT2D eigenvalue weighted by Gasteiger charge is 2.48. The smallest absolute Gasteiger partial charge is 0.301 e. The van der Waals surface area contributed by atoms with Crippen LogP contribution in [0, 0.1) is 5.82 Å². The van der Waals surface area contributed by atoms with E-state index >= 15 is 0 Å². The number of aliphatic hydroxyl groups excluding tert-OH is 1. The first kappa shape index (κ1) is 23.9. The number of pyridine rings is 1. The monoisotopic (exact) mass is 523 g/mol. The van der Waals surface area contributed by atoms with Crippen LogP contribution in [0.15, 0.2) is 66.5 Å². The number of Topliss-reactive ketones (excluding diaryl/α,β-unsaturated/α-hetero) is 1. The fraction of sp³-hybridized carbons (Fsp3) is 0.154. The van der Waals surface area contributed by atoms with Crippen LogP contribution < -0.4 is 9.64 Å². The number of hydrogen-bond donors (Lipinski definition) is 1. The Kier molecular flexibility index (Phi) is 6.42. The van der Waals surface area contributed by atoms with E-state index in [1.54, 1.807) is 42.6 Å². The summed E-state index contributed by atoms with van der Waals surface area (Å²) >= 11 is 6.94. The zero-order valence-electron chi connectivity index (χ0n) is 18.9. The van der Waals surface area contributed by atoms with Crippen molar-refractivity contribution in [2.75, 3.05) is 11.5 Å². The summed E-state index contributed by atoms with van der Waals surface area (Å²) in [6.07, 6.45) is 3.93. The number of carbonyl (C=O) groups is 2. The van der Waals surface area contributed by atoms with Gasteiger partial charge in [0.2, 0.25) is 0 Å². The van der Waals surface area contributed by atoms with E-state index in [0.717, 1.165) is 17.8 Å². The normalized spacial score (nSPS) is 17.2. The van der Waals surface area contributed by atoms with Gasteiger partial charge in [-0.2, -0.15) is 0 Å². The average Bonchev–Trinajstić information content (AvgIpc) is 3.40. The van der Waals surface area contributed by atoms with E-state index in [1.165, 1.54) is 23.2 Å². The maximum atomic E-state index is 14.0. The summed E-state index contributed by atoms with van der Waals surface area (Å²) in [6, 6.07) is 11.6. The number of halogens is 2. The van der Waals surface area contributed by atoms with Crippen molar-refractivity contribution in [3.63, 3.8) is 0 Å². The molecule has 1 aliphatic heterocycles. The Balaban J connectivity index is 1.64. The van der Waals surface area contributed by atoms with Gasteiger partial charge in [0.15, 0.2) is 5.13 Å². The van der Waals surface area contributed by atoms with E-state index in [-0.39, 0.29) is 21.5 Å². The van der Waals surface area contributed by atoms with Crippen LogP contribution in [-0.4, -0.2) is 33.4 Å². The molecule has 0 aliphatic carbocycles. The Morgan fingerprint density at radius 2 is 2.00 bits per heavy atom. The van der Waals surface area contributed by atoms with Gasteiger partial charge < -0.3 is 9.84 Å². The Morgan fingerprint density at radius 1 is 1.22 bits per heavy atom. The van der Waals surface area contributed by atoms with E-state index in [4.69, 9.17) is 16.3 Å². The average molecular weight is 524 g/mol. The number of benzene rings is 2. The minimum absolute atomic E-state index is 0.0984. The number of thiazole rings is 1. The molecule has 2 aromatic heterocycles. The van der Waals surface area contributed by atoms with E-state index in [1.807, 2.05) is 6.92 Å². The number of aromatic nitrogens is 2. The molecule has 182 valence electrons. The molecule has 5 rings (SSSR count). The molecule has 4 aromatic rings. The summed E-state index contributed by atoms with van der Waals surface area (Å²) in [6.45, 7) is 2.54. The molecule has 0 radical (unpaired) electrons. The van der Waals surface area contributed by atoms with Crippen molar-refractivity contribution in [2.45, 2.75) is 19.4 Å². The van der Waals surface area contributed by atoms with Gasteiger partial charge in [-0.15, -0.1) is 0 Å². The lowest BCUT2D eigenvalue weighted by atomic mass is 9.96. The third-order valence-corrected chi connectivity index (χ3v) is 6.98. The molecule has 1 N–H and O–H groups in total. The van der Waals surface area contributed by atoms with E-state index in [0.29, 0.717) is 33.7 Å². The third-order valence-electron chi connectivity index (χ3n) is 5.67. The van der Waals surface area contributed by atoms with E-state index in [9.17, 15) is 19.1 Å². The highest BCUT2D eigenvalue weighted by Crippen LogP contribution is 2.44. The minimum Gasteiger partial charge on any atom is -0.507 e. The topological polar surface area (TPSA) is 92.6 Å². The van der Waals surface area contributed by atoms with Crippen molar-refractivity contribution in [1.29, 1.82) is 0 Å². The molecule has 7 nitrogen and oxygen atoms in total. The quantitative estimate of drug-likeness (QED) is 0.192.